The molecule has 210 valence electrons. The fourth-order valence-electron chi connectivity index (χ4n) is 4.72. The molecule has 0 spiro atoms. The second kappa shape index (κ2) is 13.0. The van der Waals surface area contributed by atoms with E-state index in [0.29, 0.717) is 40.9 Å². The van der Waals surface area contributed by atoms with Gasteiger partial charge in [-0.25, -0.2) is 4.79 Å². The lowest BCUT2D eigenvalue weighted by Crippen LogP contribution is -2.56. The molecule has 0 saturated heterocycles. The van der Waals surface area contributed by atoms with Crippen LogP contribution in [-0.4, -0.2) is 43.9 Å². The highest BCUT2D eigenvalue weighted by Crippen LogP contribution is 2.43. The molecule has 3 aromatic rings. The molecule has 4 amide bonds. The molecule has 4 rings (SSSR count). The number of fused-ring (bicyclic) bond motifs is 1. The van der Waals surface area contributed by atoms with Gasteiger partial charge in [-0.15, -0.1) is 0 Å². The lowest BCUT2D eigenvalue weighted by atomic mass is 9.87. The maximum absolute atomic E-state index is 14.3. The molecule has 0 fully saturated rings. The number of para-hydroxylation sites is 1. The number of amides is 4. The minimum Gasteiger partial charge on any atom is -0.351 e. The van der Waals surface area contributed by atoms with Crippen molar-refractivity contribution in [2.75, 3.05) is 35.3 Å². The van der Waals surface area contributed by atoms with E-state index in [1.165, 1.54) is 4.90 Å². The second-order valence-electron chi connectivity index (χ2n) is 9.36. The highest BCUT2D eigenvalue weighted by Gasteiger charge is 2.53. The van der Waals surface area contributed by atoms with Gasteiger partial charge in [0, 0.05) is 35.2 Å². The fraction of sp³-hybridized carbons (Fsp3) is 0.300. The number of urea groups is 1. The normalized spacial score (nSPS) is 16.1. The molecule has 0 unspecified atom stereocenters. The Morgan fingerprint density at radius 1 is 0.925 bits per heavy atom. The zero-order valence-corrected chi connectivity index (χ0v) is 23.5. The molecule has 1 aliphatic heterocycles. The maximum Gasteiger partial charge on any atom is 0.320 e. The van der Waals surface area contributed by atoms with E-state index in [9.17, 15) is 14.4 Å². The van der Waals surface area contributed by atoms with Crippen molar-refractivity contribution in [3.05, 3.63) is 88.9 Å². The van der Waals surface area contributed by atoms with E-state index in [-0.39, 0.29) is 13.0 Å². The zero-order valence-electron chi connectivity index (χ0n) is 22.7. The fourth-order valence-corrected chi connectivity index (χ4v) is 4.91. The third-order valence-electron chi connectivity index (χ3n) is 6.47. The number of hydrogen-bond donors (Lipinski definition) is 3. The summed E-state index contributed by atoms with van der Waals surface area (Å²) in [6.45, 7) is 6.48. The Bertz CT molecular complexity index is 1360. The molecule has 0 aliphatic carbocycles. The van der Waals surface area contributed by atoms with Gasteiger partial charge in [0.05, 0.1) is 18.7 Å². The first-order valence-corrected chi connectivity index (χ1v) is 13.5. The van der Waals surface area contributed by atoms with Crippen LogP contribution >= 0.6 is 11.6 Å². The molecule has 9 nitrogen and oxygen atoms in total. The van der Waals surface area contributed by atoms with Gasteiger partial charge in [-0.1, -0.05) is 53.6 Å². The Labute approximate surface area is 238 Å². The third kappa shape index (κ3) is 6.62. The van der Waals surface area contributed by atoms with Crippen LogP contribution in [0.4, 0.5) is 21.9 Å². The molecule has 0 radical (unpaired) electrons. The molecule has 3 N–H and O–H groups in total. The van der Waals surface area contributed by atoms with Gasteiger partial charge >= 0.3 is 6.03 Å². The number of anilines is 3. The van der Waals surface area contributed by atoms with Crippen molar-refractivity contribution in [2.45, 2.75) is 39.0 Å². The lowest BCUT2D eigenvalue weighted by molar-refractivity contribution is -0.138. The maximum atomic E-state index is 14.3. The van der Waals surface area contributed by atoms with Gasteiger partial charge in [0.1, 0.15) is 0 Å². The van der Waals surface area contributed by atoms with Gasteiger partial charge in [0.2, 0.25) is 5.91 Å². The molecule has 0 saturated carbocycles. The minimum atomic E-state index is -1.70. The van der Waals surface area contributed by atoms with Crippen LogP contribution in [-0.2, 0) is 24.6 Å². The number of carbonyl (C=O) groups is 3. The van der Waals surface area contributed by atoms with E-state index >= 15 is 0 Å². The zero-order chi connectivity index (χ0) is 28.7. The number of benzene rings is 3. The number of nitrogens with one attached hydrogen (secondary N) is 3. The summed E-state index contributed by atoms with van der Waals surface area (Å²) in [6.07, 6.45) is -1.05. The summed E-state index contributed by atoms with van der Waals surface area (Å²) in [6, 6.07) is 20.4. The number of hydrogen-bond acceptors (Lipinski definition) is 5. The number of rotatable bonds is 11. The van der Waals surface area contributed by atoms with Crippen molar-refractivity contribution in [1.82, 2.24) is 5.32 Å². The van der Waals surface area contributed by atoms with E-state index in [2.05, 4.69) is 16.0 Å². The van der Waals surface area contributed by atoms with Crippen LogP contribution in [0.2, 0.25) is 5.02 Å². The molecule has 3 aromatic carbocycles. The van der Waals surface area contributed by atoms with Gasteiger partial charge in [0.25, 0.3) is 5.91 Å². The summed E-state index contributed by atoms with van der Waals surface area (Å²) in [5, 5.41) is 8.88. The monoisotopic (exact) mass is 564 g/mol. The standard InChI is InChI=1S/C30H33ClN4O5/c1-4-39-27(40-5-2)19-35-25-12-7-6-11-24(25)30(28(35)37,18-26(36)32-23-10-8-9-21(31)17-23)34-29(38)33-22-15-13-20(3)14-16-22/h6-17,27H,4-5,18-19H2,1-3H3,(H,32,36)(H2,33,34,38)/t30-/m0/s1. The van der Waals surface area contributed by atoms with Gasteiger partial charge in [-0.2, -0.15) is 0 Å². The Balaban J connectivity index is 1.69. The number of halogens is 1. The quantitative estimate of drug-likeness (QED) is 0.269. The highest BCUT2D eigenvalue weighted by molar-refractivity contribution is 6.30. The van der Waals surface area contributed by atoms with E-state index in [4.69, 9.17) is 21.1 Å². The summed E-state index contributed by atoms with van der Waals surface area (Å²) in [5.74, 6) is -0.951. The Morgan fingerprint density at radius 3 is 2.30 bits per heavy atom. The summed E-state index contributed by atoms with van der Waals surface area (Å²) in [5.41, 5.74) is 1.41. The van der Waals surface area contributed by atoms with Gasteiger partial charge in [-0.05, 0) is 57.2 Å². The number of nitrogens with zero attached hydrogens (tertiary/aromatic N) is 1. The summed E-state index contributed by atoms with van der Waals surface area (Å²) < 4.78 is 11.4. The molecule has 40 heavy (non-hydrogen) atoms. The number of aryl methyl sites for hydroxylation is 1. The summed E-state index contributed by atoms with van der Waals surface area (Å²) in [7, 11) is 0. The van der Waals surface area contributed by atoms with Crippen LogP contribution < -0.4 is 20.9 Å². The van der Waals surface area contributed by atoms with E-state index < -0.39 is 29.7 Å². The Kier molecular flexibility index (Phi) is 9.42. The highest BCUT2D eigenvalue weighted by atomic mass is 35.5. The molecule has 0 bridgehead atoms. The first-order chi connectivity index (χ1) is 19.3. The van der Waals surface area contributed by atoms with E-state index in [1.54, 1.807) is 60.7 Å². The molecular formula is C30H33ClN4O5. The number of ether oxygens (including phenoxy) is 2. The van der Waals surface area contributed by atoms with Gasteiger partial charge in [-0.3, -0.25) is 9.59 Å². The average Bonchev–Trinajstić information content (AvgIpc) is 3.13. The second-order valence-corrected chi connectivity index (χ2v) is 9.80. The van der Waals surface area contributed by atoms with Gasteiger partial charge in [0.15, 0.2) is 11.8 Å². The minimum absolute atomic E-state index is 0.0798. The SMILES string of the molecule is CCOC(CN1C(=O)[C@@](CC(=O)Nc2cccc(Cl)c2)(NC(=O)Nc2ccc(C)cc2)c2ccccc21)OCC. The van der Waals surface area contributed by atoms with E-state index in [1.807, 2.05) is 32.9 Å². The smallest absolute Gasteiger partial charge is 0.320 e. The van der Waals surface area contributed by atoms with Crippen molar-refractivity contribution in [2.24, 2.45) is 0 Å². The molecule has 1 aliphatic rings. The van der Waals surface area contributed by atoms with Crippen LogP contribution in [0.5, 0.6) is 0 Å². The molecule has 0 aromatic heterocycles. The predicted octanol–water partition coefficient (Wildman–Crippen LogP) is 5.44. The molecule has 1 atom stereocenters. The van der Waals surface area contributed by atoms with Gasteiger partial charge < -0.3 is 30.3 Å². The van der Waals surface area contributed by atoms with E-state index in [0.717, 1.165) is 5.56 Å². The molecular weight excluding hydrogens is 532 g/mol. The van der Waals surface area contributed by atoms with Crippen molar-refractivity contribution >= 4 is 46.5 Å². The molecule has 1 heterocycles. The summed E-state index contributed by atoms with van der Waals surface area (Å²) >= 11 is 6.09. The van der Waals surface area contributed by atoms with Crippen LogP contribution in [0.1, 0.15) is 31.4 Å². The lowest BCUT2D eigenvalue weighted by Gasteiger charge is -2.30. The molecule has 10 heteroatoms. The Morgan fingerprint density at radius 2 is 1.62 bits per heavy atom. The first kappa shape index (κ1) is 29.1. The predicted molar refractivity (Wildman–Crippen MR) is 156 cm³/mol. The van der Waals surface area contributed by atoms with Crippen LogP contribution in [0.25, 0.3) is 0 Å². The van der Waals surface area contributed by atoms with Crippen LogP contribution in [0.15, 0.2) is 72.8 Å². The first-order valence-electron chi connectivity index (χ1n) is 13.1. The van der Waals surface area contributed by atoms with Crippen molar-refractivity contribution in [3.63, 3.8) is 0 Å². The average molecular weight is 565 g/mol. The van der Waals surface area contributed by atoms with Crippen LogP contribution in [0.3, 0.4) is 0 Å². The topological polar surface area (TPSA) is 109 Å². The summed E-state index contributed by atoms with van der Waals surface area (Å²) in [4.78, 5) is 42.5. The number of carbonyl (C=O) groups excluding carboxylic acids is 3. The van der Waals surface area contributed by atoms with Crippen molar-refractivity contribution in [3.8, 4) is 0 Å². The van der Waals surface area contributed by atoms with Crippen molar-refractivity contribution < 1.29 is 23.9 Å². The largest absolute Gasteiger partial charge is 0.351 e. The Hall–Kier alpha value is -3.92. The third-order valence-corrected chi connectivity index (χ3v) is 6.71. The van der Waals surface area contributed by atoms with Crippen molar-refractivity contribution in [1.29, 1.82) is 0 Å². The van der Waals surface area contributed by atoms with Crippen LogP contribution in [0, 0.1) is 6.92 Å².